The second-order valence-electron chi connectivity index (χ2n) is 3.72. The minimum Gasteiger partial charge on any atom is -0.306 e. The number of alkyl halides is 1. The maximum absolute atomic E-state index is 3.48. The Hall–Kier alpha value is 0.920. The molecule has 0 aromatic heterocycles. The van der Waals surface area contributed by atoms with Gasteiger partial charge in [-0.3, -0.25) is 0 Å². The molecule has 0 aliphatic rings. The van der Waals surface area contributed by atoms with Crippen molar-refractivity contribution >= 4 is 32.9 Å². The molecule has 0 amide bonds. The second-order valence-corrected chi connectivity index (χ2v) is 4.52. The molecule has 0 heterocycles. The Kier molecular flexibility index (Phi) is 10.9. The minimum absolute atomic E-state index is 0. The quantitative estimate of drug-likeness (QED) is 0.704. The highest BCUT2D eigenvalue weighted by molar-refractivity contribution is 9.09. The van der Waals surface area contributed by atoms with Crippen molar-refractivity contribution in [2.24, 2.45) is 5.92 Å². The van der Waals surface area contributed by atoms with Crippen molar-refractivity contribution in [2.75, 3.05) is 19.4 Å². The van der Waals surface area contributed by atoms with Crippen LogP contribution in [-0.4, -0.2) is 30.4 Å². The Morgan fingerprint density at radius 2 is 1.75 bits per heavy atom. The first-order chi connectivity index (χ1) is 5.07. The normalized spacial score (nSPS) is 13.2. The van der Waals surface area contributed by atoms with Gasteiger partial charge in [0.1, 0.15) is 0 Å². The molecule has 0 aliphatic carbocycles. The zero-order valence-electron chi connectivity index (χ0n) is 8.51. The molecule has 1 atom stereocenters. The topological polar surface area (TPSA) is 3.24 Å². The summed E-state index contributed by atoms with van der Waals surface area (Å²) in [6, 6.07) is 0.745. The summed E-state index contributed by atoms with van der Waals surface area (Å²) in [5.74, 6) is 0.807. The van der Waals surface area contributed by atoms with E-state index in [0.717, 1.165) is 17.3 Å². The predicted molar refractivity (Wildman–Crippen MR) is 65.7 cm³/mol. The van der Waals surface area contributed by atoms with E-state index in [2.05, 4.69) is 48.8 Å². The van der Waals surface area contributed by atoms with Crippen LogP contribution < -0.4 is 0 Å². The van der Waals surface area contributed by atoms with Crippen molar-refractivity contribution in [1.29, 1.82) is 0 Å². The molecule has 0 fully saturated rings. The zero-order chi connectivity index (χ0) is 8.85. The molecule has 0 spiro atoms. The molecule has 76 valence electrons. The van der Waals surface area contributed by atoms with Gasteiger partial charge in [0.15, 0.2) is 0 Å². The van der Waals surface area contributed by atoms with E-state index in [4.69, 9.17) is 0 Å². The Bertz CT molecular complexity index is 94.5. The average Bonchev–Trinajstić information content (AvgIpc) is 1.86. The van der Waals surface area contributed by atoms with E-state index in [0.29, 0.717) is 0 Å². The van der Waals surface area contributed by atoms with Gasteiger partial charge in [-0.05, 0) is 32.9 Å². The van der Waals surface area contributed by atoms with Crippen LogP contribution >= 0.6 is 32.9 Å². The lowest BCUT2D eigenvalue weighted by atomic mass is 10.0. The lowest BCUT2D eigenvalue weighted by Crippen LogP contribution is -2.29. The van der Waals surface area contributed by atoms with Crippen LogP contribution in [0.15, 0.2) is 0 Å². The summed E-state index contributed by atoms with van der Waals surface area (Å²) in [6.45, 7) is 4.56. The molecule has 0 saturated carbocycles. The van der Waals surface area contributed by atoms with Crippen LogP contribution in [0.1, 0.15) is 26.7 Å². The van der Waals surface area contributed by atoms with Gasteiger partial charge in [-0.2, -0.15) is 0 Å². The van der Waals surface area contributed by atoms with E-state index < -0.39 is 0 Å². The predicted octanol–water partition coefficient (Wildman–Crippen LogP) is 3.33. The largest absolute Gasteiger partial charge is 0.306 e. The van der Waals surface area contributed by atoms with Crippen molar-refractivity contribution in [1.82, 2.24) is 4.90 Å². The molecule has 0 N–H and O–H groups in total. The maximum Gasteiger partial charge on any atom is 0.00995 e. The Morgan fingerprint density at radius 1 is 1.25 bits per heavy atom. The summed E-state index contributed by atoms with van der Waals surface area (Å²) in [5, 5.41) is 1.11. The van der Waals surface area contributed by atoms with E-state index in [-0.39, 0.29) is 17.0 Å². The first-order valence-corrected chi connectivity index (χ1v) is 5.42. The Labute approximate surface area is 95.8 Å². The van der Waals surface area contributed by atoms with Crippen LogP contribution in [0.2, 0.25) is 0 Å². The second kappa shape index (κ2) is 8.52. The third-order valence-corrected chi connectivity index (χ3v) is 2.37. The van der Waals surface area contributed by atoms with Gasteiger partial charge in [0, 0.05) is 11.4 Å². The molecular formula is C9H21Br2N. The van der Waals surface area contributed by atoms with E-state index in [9.17, 15) is 0 Å². The molecule has 0 aromatic rings. The molecule has 0 radical (unpaired) electrons. The Morgan fingerprint density at radius 3 is 2.00 bits per heavy atom. The molecule has 0 saturated heterocycles. The number of nitrogens with zero attached hydrogens (tertiary/aromatic N) is 1. The third-order valence-electron chi connectivity index (χ3n) is 1.92. The van der Waals surface area contributed by atoms with Crippen molar-refractivity contribution in [3.05, 3.63) is 0 Å². The molecular weight excluding hydrogens is 282 g/mol. The number of hydrogen-bond acceptors (Lipinski definition) is 1. The van der Waals surface area contributed by atoms with Crippen molar-refractivity contribution in [2.45, 2.75) is 32.7 Å². The molecule has 0 aromatic carbocycles. The fourth-order valence-electron chi connectivity index (χ4n) is 1.26. The number of halogens is 2. The summed E-state index contributed by atoms with van der Waals surface area (Å²) in [5.41, 5.74) is 0. The Balaban J connectivity index is 0. The first-order valence-electron chi connectivity index (χ1n) is 4.30. The standard InChI is InChI=1S/C9H20BrN.BrH/c1-8(2)7-9(5-6-10)11(3)4;/h8-9H,5-7H2,1-4H3;1H. The molecule has 0 aliphatic heterocycles. The fourth-order valence-corrected chi connectivity index (χ4v) is 1.79. The summed E-state index contributed by atoms with van der Waals surface area (Å²) in [6.07, 6.45) is 2.56. The molecule has 3 heteroatoms. The van der Waals surface area contributed by atoms with Gasteiger partial charge >= 0.3 is 0 Å². The highest BCUT2D eigenvalue weighted by Crippen LogP contribution is 2.12. The minimum atomic E-state index is 0. The fraction of sp³-hybridized carbons (Fsp3) is 1.00. The summed E-state index contributed by atoms with van der Waals surface area (Å²) in [4.78, 5) is 2.32. The number of rotatable bonds is 5. The van der Waals surface area contributed by atoms with Crippen LogP contribution in [0.4, 0.5) is 0 Å². The van der Waals surface area contributed by atoms with Gasteiger partial charge in [0.05, 0.1) is 0 Å². The van der Waals surface area contributed by atoms with Crippen LogP contribution in [0.3, 0.4) is 0 Å². The SMILES string of the molecule is Br.CC(C)CC(CCBr)N(C)C. The first kappa shape index (κ1) is 15.4. The highest BCUT2D eigenvalue weighted by Gasteiger charge is 2.11. The van der Waals surface area contributed by atoms with Crippen LogP contribution in [-0.2, 0) is 0 Å². The average molecular weight is 303 g/mol. The van der Waals surface area contributed by atoms with E-state index in [1.165, 1.54) is 12.8 Å². The van der Waals surface area contributed by atoms with Gasteiger partial charge < -0.3 is 4.90 Å². The van der Waals surface area contributed by atoms with Gasteiger partial charge in [-0.15, -0.1) is 17.0 Å². The maximum atomic E-state index is 3.48. The summed E-state index contributed by atoms with van der Waals surface area (Å²) >= 11 is 3.48. The van der Waals surface area contributed by atoms with E-state index >= 15 is 0 Å². The lowest BCUT2D eigenvalue weighted by molar-refractivity contribution is 0.250. The van der Waals surface area contributed by atoms with E-state index in [1.54, 1.807) is 0 Å². The zero-order valence-corrected chi connectivity index (χ0v) is 11.8. The van der Waals surface area contributed by atoms with Crippen molar-refractivity contribution in [3.63, 3.8) is 0 Å². The monoisotopic (exact) mass is 301 g/mol. The van der Waals surface area contributed by atoms with Gasteiger partial charge in [-0.1, -0.05) is 29.8 Å². The summed E-state index contributed by atoms with van der Waals surface area (Å²) < 4.78 is 0. The molecule has 1 nitrogen and oxygen atoms in total. The third kappa shape index (κ3) is 7.56. The molecule has 0 rings (SSSR count). The van der Waals surface area contributed by atoms with Crippen molar-refractivity contribution in [3.8, 4) is 0 Å². The van der Waals surface area contributed by atoms with Crippen LogP contribution in [0.5, 0.6) is 0 Å². The van der Waals surface area contributed by atoms with Gasteiger partial charge in [0.25, 0.3) is 0 Å². The van der Waals surface area contributed by atoms with E-state index in [1.807, 2.05) is 0 Å². The van der Waals surface area contributed by atoms with Crippen LogP contribution in [0, 0.1) is 5.92 Å². The molecule has 12 heavy (non-hydrogen) atoms. The number of hydrogen-bond donors (Lipinski definition) is 0. The lowest BCUT2D eigenvalue weighted by Gasteiger charge is -2.25. The molecule has 1 unspecified atom stereocenters. The highest BCUT2D eigenvalue weighted by atomic mass is 79.9. The van der Waals surface area contributed by atoms with Gasteiger partial charge in [0.2, 0.25) is 0 Å². The van der Waals surface area contributed by atoms with Gasteiger partial charge in [-0.25, -0.2) is 0 Å². The molecule has 0 bridgehead atoms. The smallest absolute Gasteiger partial charge is 0.00995 e. The van der Waals surface area contributed by atoms with Crippen molar-refractivity contribution < 1.29 is 0 Å². The van der Waals surface area contributed by atoms with Crippen LogP contribution in [0.25, 0.3) is 0 Å². The summed E-state index contributed by atoms with van der Waals surface area (Å²) in [7, 11) is 4.32.